The SMILES string of the molecule is COC(=O)C[C@@H]1CSC(c2cc3cc(Cl)cc([N+](=O)[O-])c3[nH]2)=N1. The van der Waals surface area contributed by atoms with E-state index in [9.17, 15) is 14.9 Å². The predicted octanol–water partition coefficient (Wildman–Crippen LogP) is 3.15. The number of fused-ring (bicyclic) bond motifs is 1. The maximum absolute atomic E-state index is 11.3. The number of hydrogen-bond acceptors (Lipinski definition) is 6. The Labute approximate surface area is 140 Å². The van der Waals surface area contributed by atoms with Gasteiger partial charge in [0.25, 0.3) is 5.69 Å². The lowest BCUT2D eigenvalue weighted by atomic mass is 10.2. The Morgan fingerprint density at radius 1 is 1.57 bits per heavy atom. The number of nitrogens with zero attached hydrogens (tertiary/aromatic N) is 2. The number of aromatic amines is 1. The number of carbonyl (C=O) groups excluding carboxylic acids is 1. The van der Waals surface area contributed by atoms with E-state index in [4.69, 9.17) is 11.6 Å². The van der Waals surface area contributed by atoms with Gasteiger partial charge in [-0.15, -0.1) is 11.8 Å². The van der Waals surface area contributed by atoms with E-state index < -0.39 is 4.92 Å². The fraction of sp³-hybridized carbons (Fsp3) is 0.286. The zero-order valence-electron chi connectivity index (χ0n) is 12.0. The molecule has 1 aromatic carbocycles. The molecule has 0 aliphatic carbocycles. The molecule has 3 rings (SSSR count). The highest BCUT2D eigenvalue weighted by Gasteiger charge is 2.24. The van der Waals surface area contributed by atoms with Crippen LogP contribution < -0.4 is 0 Å². The van der Waals surface area contributed by atoms with E-state index in [0.29, 0.717) is 27.4 Å². The van der Waals surface area contributed by atoms with E-state index >= 15 is 0 Å². The molecule has 0 bridgehead atoms. The topological polar surface area (TPSA) is 97.6 Å². The quantitative estimate of drug-likeness (QED) is 0.517. The fourth-order valence-corrected chi connectivity index (χ4v) is 3.64. The number of benzene rings is 1. The van der Waals surface area contributed by atoms with Gasteiger partial charge in [-0.1, -0.05) is 11.6 Å². The van der Waals surface area contributed by atoms with Crippen LogP contribution in [0.15, 0.2) is 23.2 Å². The molecule has 0 unspecified atom stereocenters. The zero-order chi connectivity index (χ0) is 16.6. The highest BCUT2D eigenvalue weighted by Crippen LogP contribution is 2.32. The van der Waals surface area contributed by atoms with Gasteiger partial charge >= 0.3 is 5.97 Å². The van der Waals surface area contributed by atoms with E-state index in [-0.39, 0.29) is 24.1 Å². The van der Waals surface area contributed by atoms with Crippen molar-refractivity contribution in [2.45, 2.75) is 12.5 Å². The van der Waals surface area contributed by atoms with Gasteiger partial charge in [0.1, 0.15) is 10.6 Å². The van der Waals surface area contributed by atoms with Crippen molar-refractivity contribution in [2.75, 3.05) is 12.9 Å². The molecule has 2 aromatic rings. The molecule has 0 saturated carbocycles. The molecule has 9 heteroatoms. The number of carbonyl (C=O) groups is 1. The molecule has 1 aliphatic rings. The Morgan fingerprint density at radius 3 is 3.04 bits per heavy atom. The Morgan fingerprint density at radius 2 is 2.35 bits per heavy atom. The smallest absolute Gasteiger partial charge is 0.307 e. The summed E-state index contributed by atoms with van der Waals surface area (Å²) in [4.78, 5) is 29.5. The van der Waals surface area contributed by atoms with Crippen molar-refractivity contribution in [1.82, 2.24) is 4.98 Å². The van der Waals surface area contributed by atoms with Crippen LogP contribution in [0, 0.1) is 10.1 Å². The molecule has 0 radical (unpaired) electrons. The summed E-state index contributed by atoms with van der Waals surface area (Å²) in [6.07, 6.45) is 0.221. The van der Waals surface area contributed by atoms with Crippen LogP contribution in [0.2, 0.25) is 5.02 Å². The highest BCUT2D eigenvalue weighted by molar-refractivity contribution is 8.14. The van der Waals surface area contributed by atoms with Gasteiger partial charge in [-0.05, 0) is 12.1 Å². The first-order chi connectivity index (χ1) is 11.0. The van der Waals surface area contributed by atoms with Crippen LogP contribution in [0.3, 0.4) is 0 Å². The lowest BCUT2D eigenvalue weighted by Gasteiger charge is -2.02. The van der Waals surface area contributed by atoms with Crippen LogP contribution in [0.25, 0.3) is 10.9 Å². The van der Waals surface area contributed by atoms with Gasteiger partial charge in [-0.2, -0.15) is 0 Å². The molecule has 1 aromatic heterocycles. The first-order valence-electron chi connectivity index (χ1n) is 6.72. The molecule has 7 nitrogen and oxygen atoms in total. The summed E-state index contributed by atoms with van der Waals surface area (Å²) >= 11 is 7.43. The molecule has 0 saturated heterocycles. The van der Waals surface area contributed by atoms with Gasteiger partial charge in [0.05, 0.1) is 30.2 Å². The number of thioether (sulfide) groups is 1. The Kier molecular flexibility index (Phi) is 4.27. The number of aliphatic imine (C=N–C) groups is 1. The molecular weight excluding hydrogens is 342 g/mol. The summed E-state index contributed by atoms with van der Waals surface area (Å²) in [6.45, 7) is 0. The number of hydrogen-bond donors (Lipinski definition) is 1. The third-order valence-corrected chi connectivity index (χ3v) is 4.81. The number of nitro groups is 1. The minimum atomic E-state index is -0.474. The second-order valence-corrected chi connectivity index (χ2v) is 6.45. The Hall–Kier alpha value is -2.06. The van der Waals surface area contributed by atoms with Gasteiger partial charge in [-0.3, -0.25) is 19.9 Å². The molecule has 2 heterocycles. The Balaban J connectivity index is 1.95. The summed E-state index contributed by atoms with van der Waals surface area (Å²) in [5.41, 5.74) is 1.02. The van der Waals surface area contributed by atoms with Gasteiger partial charge in [0.15, 0.2) is 0 Å². The molecule has 0 spiro atoms. The van der Waals surface area contributed by atoms with E-state index in [0.717, 1.165) is 5.04 Å². The van der Waals surface area contributed by atoms with Crippen molar-refractivity contribution in [2.24, 2.45) is 4.99 Å². The van der Waals surface area contributed by atoms with Gasteiger partial charge in [-0.25, -0.2) is 0 Å². The zero-order valence-corrected chi connectivity index (χ0v) is 13.6. The average Bonchev–Trinajstić information content (AvgIpc) is 3.12. The first kappa shape index (κ1) is 15.8. The van der Waals surface area contributed by atoms with Crippen LogP contribution >= 0.6 is 23.4 Å². The van der Waals surface area contributed by atoms with Crippen LogP contribution in [-0.4, -0.2) is 39.8 Å². The van der Waals surface area contributed by atoms with Crippen molar-refractivity contribution < 1.29 is 14.5 Å². The summed E-state index contributed by atoms with van der Waals surface area (Å²) in [7, 11) is 1.34. The molecule has 0 amide bonds. The maximum atomic E-state index is 11.3. The number of nitrogens with one attached hydrogen (secondary N) is 1. The van der Waals surface area contributed by atoms with Crippen LogP contribution in [0.4, 0.5) is 5.69 Å². The molecular formula is C14H12ClN3O4S. The number of non-ortho nitro benzene ring substituents is 1. The van der Waals surface area contributed by atoms with Crippen LogP contribution in [0.5, 0.6) is 0 Å². The largest absolute Gasteiger partial charge is 0.469 e. The lowest BCUT2D eigenvalue weighted by Crippen LogP contribution is -2.12. The normalized spacial score (nSPS) is 17.3. The number of ether oxygens (including phenoxy) is 1. The minimum absolute atomic E-state index is 0.0755. The molecule has 0 fully saturated rings. The molecule has 120 valence electrons. The number of halogens is 1. The van der Waals surface area contributed by atoms with Crippen LogP contribution in [-0.2, 0) is 9.53 Å². The summed E-state index contributed by atoms with van der Waals surface area (Å²) in [6, 6.07) is 4.61. The Bertz CT molecular complexity index is 833. The molecule has 1 aliphatic heterocycles. The van der Waals surface area contributed by atoms with E-state index in [1.54, 1.807) is 12.1 Å². The number of esters is 1. The average molecular weight is 354 g/mol. The highest BCUT2D eigenvalue weighted by atomic mass is 35.5. The third kappa shape index (κ3) is 3.18. The summed E-state index contributed by atoms with van der Waals surface area (Å²) in [5.74, 6) is 0.363. The standard InChI is InChI=1S/C14H12ClN3O4S/c1-22-12(19)5-9-6-23-14(16-9)10-3-7-2-8(15)4-11(18(20)21)13(7)17-10/h2-4,9,17H,5-6H2,1H3/t9-/m1/s1. The lowest BCUT2D eigenvalue weighted by molar-refractivity contribution is -0.383. The van der Waals surface area contributed by atoms with Crippen molar-refractivity contribution in [1.29, 1.82) is 0 Å². The number of nitro benzene ring substituents is 1. The van der Waals surface area contributed by atoms with E-state index in [1.165, 1.54) is 24.9 Å². The maximum Gasteiger partial charge on any atom is 0.307 e. The van der Waals surface area contributed by atoms with E-state index in [2.05, 4.69) is 14.7 Å². The third-order valence-electron chi connectivity index (χ3n) is 3.44. The first-order valence-corrected chi connectivity index (χ1v) is 8.08. The molecule has 1 N–H and O–H groups in total. The van der Waals surface area contributed by atoms with Crippen LogP contribution in [0.1, 0.15) is 12.1 Å². The van der Waals surface area contributed by atoms with Crippen molar-refractivity contribution in [3.8, 4) is 0 Å². The summed E-state index contributed by atoms with van der Waals surface area (Å²) in [5, 5.41) is 12.8. The fourth-order valence-electron chi connectivity index (χ4n) is 2.39. The second kappa shape index (κ2) is 6.21. The minimum Gasteiger partial charge on any atom is -0.469 e. The number of H-pyrrole nitrogens is 1. The predicted molar refractivity (Wildman–Crippen MR) is 89.4 cm³/mol. The monoisotopic (exact) mass is 353 g/mol. The molecule has 23 heavy (non-hydrogen) atoms. The van der Waals surface area contributed by atoms with E-state index in [1.807, 2.05) is 0 Å². The van der Waals surface area contributed by atoms with Crippen molar-refractivity contribution in [3.05, 3.63) is 39.0 Å². The number of aromatic nitrogens is 1. The second-order valence-electron chi connectivity index (χ2n) is 5.01. The summed E-state index contributed by atoms with van der Waals surface area (Å²) < 4.78 is 4.64. The number of methoxy groups -OCH3 is 1. The van der Waals surface area contributed by atoms with Crippen molar-refractivity contribution >= 4 is 51.0 Å². The van der Waals surface area contributed by atoms with Gasteiger partial charge in [0.2, 0.25) is 0 Å². The van der Waals surface area contributed by atoms with Gasteiger partial charge < -0.3 is 9.72 Å². The van der Waals surface area contributed by atoms with Gasteiger partial charge in [0, 0.05) is 22.2 Å². The number of rotatable bonds is 4. The molecule has 1 atom stereocenters. The van der Waals surface area contributed by atoms with Crippen molar-refractivity contribution in [3.63, 3.8) is 0 Å².